The zero-order chi connectivity index (χ0) is 11.3. The van der Waals surface area contributed by atoms with Crippen LogP contribution in [-0.4, -0.2) is 36.0 Å². The third kappa shape index (κ3) is 3.72. The summed E-state index contributed by atoms with van der Waals surface area (Å²) in [6, 6.07) is 1.91. The minimum Gasteiger partial charge on any atom is -0.384 e. The third-order valence-electron chi connectivity index (χ3n) is 2.11. The molecule has 0 saturated heterocycles. The number of aryl methyl sites for hydroxylation is 2. The van der Waals surface area contributed by atoms with Crippen molar-refractivity contribution in [2.75, 3.05) is 25.2 Å². The highest BCUT2D eigenvalue weighted by molar-refractivity contribution is 8.00. The van der Waals surface area contributed by atoms with E-state index in [1.807, 2.05) is 19.9 Å². The van der Waals surface area contributed by atoms with Crippen LogP contribution in [-0.2, 0) is 4.74 Å². The van der Waals surface area contributed by atoms with Crippen LogP contribution in [0.3, 0.4) is 0 Å². The van der Waals surface area contributed by atoms with E-state index in [0.29, 0.717) is 12.4 Å². The summed E-state index contributed by atoms with van der Waals surface area (Å²) >= 11 is 1.61. The summed E-state index contributed by atoms with van der Waals surface area (Å²) < 4.78 is 4.92. The Morgan fingerprint density at radius 1 is 1.53 bits per heavy atom. The number of aromatic amines is 1. The molecule has 4 heteroatoms. The smallest absolute Gasteiger partial charge is 0.174 e. The molecule has 84 valence electrons. The quantitative estimate of drug-likeness (QED) is 0.598. The number of ketones is 1. The molecule has 0 fully saturated rings. The van der Waals surface area contributed by atoms with E-state index in [2.05, 4.69) is 4.98 Å². The standard InChI is InChI=1S/C11H17NO2S/c1-8-6-10(9(2)12-8)11(13)7-15-5-4-14-3/h6,12H,4-5,7H2,1-3H3. The van der Waals surface area contributed by atoms with Gasteiger partial charge in [0, 0.05) is 29.8 Å². The monoisotopic (exact) mass is 227 g/mol. The highest BCUT2D eigenvalue weighted by Gasteiger charge is 2.10. The van der Waals surface area contributed by atoms with Crippen molar-refractivity contribution in [1.82, 2.24) is 4.98 Å². The molecule has 0 amide bonds. The Morgan fingerprint density at radius 2 is 2.27 bits per heavy atom. The number of ether oxygens (including phenoxy) is 1. The first-order valence-corrected chi connectivity index (χ1v) is 6.06. The number of Topliss-reactive ketones (excluding diaryl/α,β-unsaturated/α-hetero) is 1. The van der Waals surface area contributed by atoms with Crippen LogP contribution >= 0.6 is 11.8 Å². The van der Waals surface area contributed by atoms with E-state index in [9.17, 15) is 4.79 Å². The number of nitrogens with one attached hydrogen (secondary N) is 1. The molecule has 0 unspecified atom stereocenters. The first-order valence-electron chi connectivity index (χ1n) is 4.91. The molecule has 1 heterocycles. The summed E-state index contributed by atoms with van der Waals surface area (Å²) in [6.45, 7) is 4.59. The van der Waals surface area contributed by atoms with Crippen LogP contribution in [0.15, 0.2) is 6.07 Å². The highest BCUT2D eigenvalue weighted by Crippen LogP contribution is 2.13. The Kier molecular flexibility index (Phi) is 4.91. The average molecular weight is 227 g/mol. The van der Waals surface area contributed by atoms with E-state index in [4.69, 9.17) is 4.74 Å². The average Bonchev–Trinajstić information content (AvgIpc) is 2.52. The van der Waals surface area contributed by atoms with Gasteiger partial charge in [0.05, 0.1) is 12.4 Å². The second kappa shape index (κ2) is 5.98. The zero-order valence-electron chi connectivity index (χ0n) is 9.42. The zero-order valence-corrected chi connectivity index (χ0v) is 10.2. The van der Waals surface area contributed by atoms with Crippen molar-refractivity contribution in [3.8, 4) is 0 Å². The lowest BCUT2D eigenvalue weighted by Crippen LogP contribution is -2.04. The van der Waals surface area contributed by atoms with Gasteiger partial charge in [-0.2, -0.15) is 11.8 Å². The van der Waals surface area contributed by atoms with Crippen LogP contribution < -0.4 is 0 Å². The summed E-state index contributed by atoms with van der Waals surface area (Å²) in [5, 5.41) is 0. The number of rotatable bonds is 6. The van der Waals surface area contributed by atoms with E-state index < -0.39 is 0 Å². The first kappa shape index (κ1) is 12.3. The molecule has 0 aliphatic heterocycles. The molecule has 0 aliphatic carbocycles. The molecule has 0 saturated carbocycles. The van der Waals surface area contributed by atoms with Gasteiger partial charge in [0.25, 0.3) is 0 Å². The number of hydrogen-bond acceptors (Lipinski definition) is 3. The Morgan fingerprint density at radius 3 is 2.80 bits per heavy atom. The van der Waals surface area contributed by atoms with E-state index >= 15 is 0 Å². The maximum atomic E-state index is 11.8. The molecule has 0 atom stereocenters. The van der Waals surface area contributed by atoms with Gasteiger partial charge in [0.2, 0.25) is 0 Å². The number of H-pyrrole nitrogens is 1. The van der Waals surface area contributed by atoms with E-state index in [1.54, 1.807) is 18.9 Å². The minimum atomic E-state index is 0.193. The number of carbonyl (C=O) groups excluding carboxylic acids is 1. The van der Waals surface area contributed by atoms with Gasteiger partial charge in [-0.15, -0.1) is 0 Å². The number of carbonyl (C=O) groups is 1. The van der Waals surface area contributed by atoms with Crippen LogP contribution in [0.25, 0.3) is 0 Å². The molecule has 0 aliphatic rings. The fourth-order valence-electron chi connectivity index (χ4n) is 1.40. The summed E-state index contributed by atoms with van der Waals surface area (Å²) in [6.07, 6.45) is 0. The molecule has 15 heavy (non-hydrogen) atoms. The SMILES string of the molecule is COCCSCC(=O)c1cc(C)[nH]c1C. The fraction of sp³-hybridized carbons (Fsp3) is 0.545. The largest absolute Gasteiger partial charge is 0.384 e. The summed E-state index contributed by atoms with van der Waals surface area (Å²) in [5.41, 5.74) is 2.82. The summed E-state index contributed by atoms with van der Waals surface area (Å²) in [7, 11) is 1.67. The van der Waals surface area contributed by atoms with Crippen LogP contribution in [0, 0.1) is 13.8 Å². The molecule has 0 bridgehead atoms. The van der Waals surface area contributed by atoms with Crippen molar-refractivity contribution in [2.24, 2.45) is 0 Å². The fourth-order valence-corrected chi connectivity index (χ4v) is 2.17. The molecule has 0 aromatic carbocycles. The first-order chi connectivity index (χ1) is 7.15. The van der Waals surface area contributed by atoms with Crippen molar-refractivity contribution < 1.29 is 9.53 Å². The van der Waals surface area contributed by atoms with Crippen molar-refractivity contribution in [3.63, 3.8) is 0 Å². The number of methoxy groups -OCH3 is 1. The molecule has 0 radical (unpaired) electrons. The minimum absolute atomic E-state index is 0.193. The molecule has 0 spiro atoms. The van der Waals surface area contributed by atoms with Crippen LogP contribution in [0.1, 0.15) is 21.7 Å². The van der Waals surface area contributed by atoms with Crippen molar-refractivity contribution in [1.29, 1.82) is 0 Å². The van der Waals surface area contributed by atoms with Gasteiger partial charge in [-0.25, -0.2) is 0 Å². The summed E-state index contributed by atoms with van der Waals surface area (Å²) in [5.74, 6) is 1.59. The van der Waals surface area contributed by atoms with Crippen molar-refractivity contribution in [3.05, 3.63) is 23.0 Å². The van der Waals surface area contributed by atoms with Gasteiger partial charge >= 0.3 is 0 Å². The maximum Gasteiger partial charge on any atom is 0.174 e. The highest BCUT2D eigenvalue weighted by atomic mass is 32.2. The van der Waals surface area contributed by atoms with Gasteiger partial charge in [-0.3, -0.25) is 4.79 Å². The van der Waals surface area contributed by atoms with E-state index in [0.717, 1.165) is 22.7 Å². The Labute approximate surface area is 94.6 Å². The van der Waals surface area contributed by atoms with Crippen LogP contribution in [0.2, 0.25) is 0 Å². The predicted octanol–water partition coefficient (Wildman–Crippen LogP) is 2.19. The molecule has 1 aromatic heterocycles. The lowest BCUT2D eigenvalue weighted by atomic mass is 10.2. The second-order valence-corrected chi connectivity index (χ2v) is 4.56. The van der Waals surface area contributed by atoms with Crippen molar-refractivity contribution in [2.45, 2.75) is 13.8 Å². The van der Waals surface area contributed by atoms with Gasteiger partial charge in [-0.1, -0.05) is 0 Å². The normalized spacial score (nSPS) is 10.6. The van der Waals surface area contributed by atoms with E-state index in [-0.39, 0.29) is 5.78 Å². The topological polar surface area (TPSA) is 42.1 Å². The lowest BCUT2D eigenvalue weighted by Gasteiger charge is -2.00. The van der Waals surface area contributed by atoms with Gasteiger partial charge in [0.15, 0.2) is 5.78 Å². The lowest BCUT2D eigenvalue weighted by molar-refractivity contribution is 0.102. The van der Waals surface area contributed by atoms with Crippen LogP contribution in [0.4, 0.5) is 0 Å². The summed E-state index contributed by atoms with van der Waals surface area (Å²) in [4.78, 5) is 14.9. The predicted molar refractivity (Wildman–Crippen MR) is 63.8 cm³/mol. The number of thioether (sulfide) groups is 1. The molecule has 1 aromatic rings. The molecule has 1 rings (SSSR count). The van der Waals surface area contributed by atoms with Gasteiger partial charge < -0.3 is 9.72 Å². The molecular formula is C11H17NO2S. The molecular weight excluding hydrogens is 210 g/mol. The maximum absolute atomic E-state index is 11.8. The number of hydrogen-bond donors (Lipinski definition) is 1. The molecule has 1 N–H and O–H groups in total. The Bertz CT molecular complexity index is 333. The number of aromatic nitrogens is 1. The Balaban J connectivity index is 2.43. The van der Waals surface area contributed by atoms with Crippen LogP contribution in [0.5, 0.6) is 0 Å². The Hall–Kier alpha value is -0.740. The van der Waals surface area contributed by atoms with E-state index in [1.165, 1.54) is 0 Å². The van der Waals surface area contributed by atoms with Gasteiger partial charge in [-0.05, 0) is 19.9 Å². The van der Waals surface area contributed by atoms with Gasteiger partial charge in [0.1, 0.15) is 0 Å². The van der Waals surface area contributed by atoms with Crippen molar-refractivity contribution >= 4 is 17.5 Å². The second-order valence-electron chi connectivity index (χ2n) is 3.46. The third-order valence-corrected chi connectivity index (χ3v) is 3.04. The molecule has 3 nitrogen and oxygen atoms in total.